The first-order valence-electron chi connectivity index (χ1n) is 4.79. The highest BCUT2D eigenvalue weighted by Crippen LogP contribution is 2.52. The van der Waals surface area contributed by atoms with Crippen molar-refractivity contribution in [3.05, 3.63) is 35.4 Å². The van der Waals surface area contributed by atoms with Crippen LogP contribution in [0.15, 0.2) is 24.3 Å². The van der Waals surface area contributed by atoms with E-state index in [1.54, 1.807) is 0 Å². The fraction of sp³-hybridized carbons (Fsp3) is 0.400. The third-order valence-corrected chi connectivity index (χ3v) is 3.34. The van der Waals surface area contributed by atoms with Gasteiger partial charge in [-0.1, -0.05) is 29.8 Å². The van der Waals surface area contributed by atoms with Crippen molar-refractivity contribution in [3.8, 4) is 0 Å². The van der Waals surface area contributed by atoms with Crippen LogP contribution >= 0.6 is 7.82 Å². The van der Waals surface area contributed by atoms with Crippen molar-refractivity contribution in [2.75, 3.05) is 6.61 Å². The SMILES string of the molecule is Cc1cccc(C2CCOP(=O)(O)O2)c1. The molecular weight excluding hydrogens is 215 g/mol. The summed E-state index contributed by atoms with van der Waals surface area (Å²) in [5.74, 6) is 0. The molecular formula is C10H13O4P. The summed E-state index contributed by atoms with van der Waals surface area (Å²) >= 11 is 0. The molecule has 0 aromatic heterocycles. The minimum atomic E-state index is -3.82. The molecule has 1 aromatic carbocycles. The predicted octanol–water partition coefficient (Wildman–Crippen LogP) is 2.57. The van der Waals surface area contributed by atoms with E-state index in [1.807, 2.05) is 31.2 Å². The van der Waals surface area contributed by atoms with Gasteiger partial charge in [0, 0.05) is 6.42 Å². The predicted molar refractivity (Wildman–Crippen MR) is 55.4 cm³/mol. The minimum absolute atomic E-state index is 0.256. The lowest BCUT2D eigenvalue weighted by atomic mass is 10.0. The maximum Gasteiger partial charge on any atom is 0.472 e. The highest BCUT2D eigenvalue weighted by Gasteiger charge is 2.32. The molecule has 82 valence electrons. The first kappa shape index (κ1) is 10.8. The summed E-state index contributed by atoms with van der Waals surface area (Å²) in [7, 11) is -3.82. The Morgan fingerprint density at radius 2 is 2.33 bits per heavy atom. The van der Waals surface area contributed by atoms with Gasteiger partial charge in [-0.05, 0) is 12.5 Å². The number of aryl methyl sites for hydroxylation is 1. The summed E-state index contributed by atoms with van der Waals surface area (Å²) in [5.41, 5.74) is 2.03. The molecule has 1 aliphatic heterocycles. The molecule has 1 saturated heterocycles. The van der Waals surface area contributed by atoms with Gasteiger partial charge in [0.05, 0.1) is 12.7 Å². The van der Waals surface area contributed by atoms with Crippen LogP contribution in [0.5, 0.6) is 0 Å². The van der Waals surface area contributed by atoms with Crippen molar-refractivity contribution in [3.63, 3.8) is 0 Å². The molecule has 1 heterocycles. The van der Waals surface area contributed by atoms with E-state index in [2.05, 4.69) is 4.52 Å². The second-order valence-corrected chi connectivity index (χ2v) is 5.00. The summed E-state index contributed by atoms with van der Waals surface area (Å²) in [6.45, 7) is 2.23. The Kier molecular flexibility index (Phi) is 2.94. The van der Waals surface area contributed by atoms with Crippen molar-refractivity contribution >= 4 is 7.82 Å². The first-order valence-corrected chi connectivity index (χ1v) is 6.29. The Balaban J connectivity index is 2.21. The molecule has 0 radical (unpaired) electrons. The van der Waals surface area contributed by atoms with Crippen molar-refractivity contribution in [1.82, 2.24) is 0 Å². The first-order chi connectivity index (χ1) is 7.07. The van der Waals surface area contributed by atoms with Crippen LogP contribution in [0.25, 0.3) is 0 Å². The molecule has 0 aliphatic carbocycles. The number of hydrogen-bond acceptors (Lipinski definition) is 3. The second kappa shape index (κ2) is 4.06. The highest BCUT2D eigenvalue weighted by molar-refractivity contribution is 7.47. The van der Waals surface area contributed by atoms with Crippen LogP contribution < -0.4 is 0 Å². The highest BCUT2D eigenvalue weighted by atomic mass is 31.2. The van der Waals surface area contributed by atoms with Crippen molar-refractivity contribution in [1.29, 1.82) is 0 Å². The van der Waals surface area contributed by atoms with Crippen molar-refractivity contribution in [2.24, 2.45) is 0 Å². The molecule has 1 N–H and O–H groups in total. The Hall–Kier alpha value is -0.670. The Morgan fingerprint density at radius 1 is 1.53 bits per heavy atom. The van der Waals surface area contributed by atoms with Crippen LogP contribution in [0.3, 0.4) is 0 Å². The minimum Gasteiger partial charge on any atom is -0.302 e. The summed E-state index contributed by atoms with van der Waals surface area (Å²) < 4.78 is 20.9. The van der Waals surface area contributed by atoms with E-state index in [4.69, 9.17) is 4.52 Å². The summed E-state index contributed by atoms with van der Waals surface area (Å²) in [6.07, 6.45) is 0.267. The smallest absolute Gasteiger partial charge is 0.302 e. The van der Waals surface area contributed by atoms with Gasteiger partial charge in [0.1, 0.15) is 0 Å². The lowest BCUT2D eigenvalue weighted by molar-refractivity contribution is 0.0468. The second-order valence-electron chi connectivity index (χ2n) is 3.60. The molecule has 15 heavy (non-hydrogen) atoms. The van der Waals surface area contributed by atoms with Gasteiger partial charge in [0.25, 0.3) is 0 Å². The maximum absolute atomic E-state index is 11.2. The summed E-state index contributed by atoms with van der Waals surface area (Å²) in [5, 5.41) is 0. The van der Waals surface area contributed by atoms with Crippen molar-refractivity contribution < 1.29 is 18.5 Å². The number of hydrogen-bond donors (Lipinski definition) is 1. The zero-order valence-electron chi connectivity index (χ0n) is 8.42. The topological polar surface area (TPSA) is 55.8 Å². The monoisotopic (exact) mass is 228 g/mol. The third kappa shape index (κ3) is 2.67. The molecule has 4 nitrogen and oxygen atoms in total. The zero-order valence-corrected chi connectivity index (χ0v) is 9.31. The van der Waals surface area contributed by atoms with Crippen LogP contribution in [0.1, 0.15) is 23.7 Å². The third-order valence-electron chi connectivity index (χ3n) is 2.31. The molecule has 1 aliphatic rings. The maximum atomic E-state index is 11.2. The average Bonchev–Trinajstić information content (AvgIpc) is 2.16. The van der Waals surface area contributed by atoms with E-state index in [-0.39, 0.29) is 12.7 Å². The largest absolute Gasteiger partial charge is 0.472 e. The number of benzene rings is 1. The molecule has 2 unspecified atom stereocenters. The van der Waals surface area contributed by atoms with E-state index >= 15 is 0 Å². The van der Waals surface area contributed by atoms with Crippen LogP contribution in [0.4, 0.5) is 0 Å². The van der Waals surface area contributed by atoms with E-state index in [9.17, 15) is 9.46 Å². The molecule has 2 rings (SSSR count). The van der Waals surface area contributed by atoms with Gasteiger partial charge in [-0.3, -0.25) is 9.05 Å². The van der Waals surface area contributed by atoms with Crippen molar-refractivity contribution in [2.45, 2.75) is 19.4 Å². The fourth-order valence-corrected chi connectivity index (χ4v) is 2.56. The van der Waals surface area contributed by atoms with E-state index < -0.39 is 7.82 Å². The molecule has 2 atom stereocenters. The quantitative estimate of drug-likeness (QED) is 0.750. The number of phosphoric ester groups is 1. The molecule has 5 heteroatoms. The van der Waals surface area contributed by atoms with Gasteiger partial charge in [-0.15, -0.1) is 0 Å². The average molecular weight is 228 g/mol. The van der Waals surface area contributed by atoms with Crippen LogP contribution in [-0.2, 0) is 13.6 Å². The van der Waals surface area contributed by atoms with Gasteiger partial charge < -0.3 is 4.89 Å². The Labute approximate surface area is 88.5 Å². The molecule has 0 spiro atoms. The standard InChI is InChI=1S/C10H13O4P/c1-8-3-2-4-9(7-8)10-5-6-13-15(11,12)14-10/h2-4,7,10H,5-6H2,1H3,(H,11,12). The Bertz CT molecular complexity index is 404. The molecule has 0 amide bonds. The van der Waals surface area contributed by atoms with Gasteiger partial charge in [0.15, 0.2) is 0 Å². The van der Waals surface area contributed by atoms with Gasteiger partial charge in [-0.2, -0.15) is 0 Å². The lowest BCUT2D eigenvalue weighted by Crippen LogP contribution is -2.13. The van der Waals surface area contributed by atoms with Crippen LogP contribution in [0, 0.1) is 6.92 Å². The number of rotatable bonds is 1. The normalized spacial score (nSPS) is 31.5. The lowest BCUT2D eigenvalue weighted by Gasteiger charge is -2.26. The molecule has 0 saturated carbocycles. The zero-order chi connectivity index (χ0) is 10.9. The van der Waals surface area contributed by atoms with Crippen LogP contribution in [-0.4, -0.2) is 11.5 Å². The Morgan fingerprint density at radius 3 is 3.00 bits per heavy atom. The van der Waals surface area contributed by atoms with Gasteiger partial charge in [-0.25, -0.2) is 4.57 Å². The number of phosphoric acid groups is 1. The van der Waals surface area contributed by atoms with E-state index in [0.717, 1.165) is 11.1 Å². The van der Waals surface area contributed by atoms with Gasteiger partial charge >= 0.3 is 7.82 Å². The van der Waals surface area contributed by atoms with E-state index in [1.165, 1.54) is 0 Å². The van der Waals surface area contributed by atoms with Crippen LogP contribution in [0.2, 0.25) is 0 Å². The van der Waals surface area contributed by atoms with Gasteiger partial charge in [0.2, 0.25) is 0 Å². The fourth-order valence-electron chi connectivity index (χ4n) is 1.62. The molecule has 1 fully saturated rings. The molecule has 1 aromatic rings. The summed E-state index contributed by atoms with van der Waals surface area (Å²) in [4.78, 5) is 9.19. The summed E-state index contributed by atoms with van der Waals surface area (Å²) in [6, 6.07) is 7.73. The van der Waals surface area contributed by atoms with E-state index in [0.29, 0.717) is 6.42 Å². The molecule has 0 bridgehead atoms.